The number of phenols is 1. The van der Waals surface area contributed by atoms with E-state index in [0.717, 1.165) is 5.69 Å². The van der Waals surface area contributed by atoms with E-state index >= 15 is 0 Å². The second-order valence-corrected chi connectivity index (χ2v) is 4.24. The van der Waals surface area contributed by atoms with Gasteiger partial charge in [-0.1, -0.05) is 6.07 Å². The van der Waals surface area contributed by atoms with E-state index in [4.69, 9.17) is 0 Å². The topological polar surface area (TPSA) is 45.1 Å². The maximum atomic E-state index is 9.31. The van der Waals surface area contributed by atoms with Crippen LogP contribution < -0.4 is 5.32 Å². The van der Waals surface area contributed by atoms with Crippen LogP contribution >= 0.6 is 11.3 Å². The van der Waals surface area contributed by atoms with E-state index < -0.39 is 0 Å². The average Bonchev–Trinajstić information content (AvgIpc) is 2.70. The predicted molar refractivity (Wildman–Crippen MR) is 62.3 cm³/mol. The summed E-state index contributed by atoms with van der Waals surface area (Å²) in [6, 6.07) is 7.31. The molecule has 1 aromatic carbocycles. The van der Waals surface area contributed by atoms with Crippen molar-refractivity contribution in [1.29, 1.82) is 0 Å². The van der Waals surface area contributed by atoms with Crippen molar-refractivity contribution in [2.24, 2.45) is 0 Å². The molecule has 0 saturated heterocycles. The van der Waals surface area contributed by atoms with Crippen molar-refractivity contribution in [3.8, 4) is 5.75 Å². The molecule has 3 nitrogen and oxygen atoms in total. The van der Waals surface area contributed by atoms with Gasteiger partial charge in [-0.25, -0.2) is 0 Å². The van der Waals surface area contributed by atoms with Crippen molar-refractivity contribution >= 4 is 17.0 Å². The van der Waals surface area contributed by atoms with Gasteiger partial charge in [-0.3, -0.25) is 4.98 Å². The molecule has 2 rings (SSSR count). The first kappa shape index (κ1) is 9.98. The highest BCUT2D eigenvalue weighted by Gasteiger charge is 2.06. The van der Waals surface area contributed by atoms with E-state index in [1.54, 1.807) is 23.5 Å². The third-order valence-electron chi connectivity index (χ3n) is 2.11. The van der Waals surface area contributed by atoms with Crippen molar-refractivity contribution in [3.63, 3.8) is 0 Å². The fourth-order valence-corrected chi connectivity index (χ4v) is 1.98. The van der Waals surface area contributed by atoms with Crippen LogP contribution in [0.4, 0.5) is 5.69 Å². The minimum Gasteiger partial charge on any atom is -0.508 e. The number of rotatable bonds is 3. The van der Waals surface area contributed by atoms with Crippen LogP contribution in [0.2, 0.25) is 0 Å². The number of hydrogen-bond donors (Lipinski definition) is 2. The van der Waals surface area contributed by atoms with Crippen LogP contribution in [-0.4, -0.2) is 10.1 Å². The summed E-state index contributed by atoms with van der Waals surface area (Å²) in [5, 5.41) is 12.6. The summed E-state index contributed by atoms with van der Waals surface area (Å²) in [6.07, 6.45) is 1.85. The van der Waals surface area contributed by atoms with Gasteiger partial charge in [0, 0.05) is 22.8 Å². The molecule has 0 radical (unpaired) electrons. The number of phenolic OH excluding ortho intramolecular Hbond substituents is 1. The van der Waals surface area contributed by atoms with Gasteiger partial charge in [0.1, 0.15) is 5.75 Å². The van der Waals surface area contributed by atoms with Gasteiger partial charge in [-0.15, -0.1) is 11.3 Å². The Balaban J connectivity index is 2.09. The van der Waals surface area contributed by atoms with Crippen LogP contribution in [0.25, 0.3) is 0 Å². The molecule has 0 aliphatic heterocycles. The van der Waals surface area contributed by atoms with Crippen LogP contribution in [0.15, 0.2) is 36.0 Å². The zero-order chi connectivity index (χ0) is 10.7. The molecule has 4 heteroatoms. The van der Waals surface area contributed by atoms with E-state index in [0.29, 0.717) is 0 Å². The summed E-state index contributed by atoms with van der Waals surface area (Å²) < 4.78 is 0. The molecule has 78 valence electrons. The molecule has 1 heterocycles. The molecule has 0 amide bonds. The molecule has 1 unspecified atom stereocenters. The molecule has 0 saturated carbocycles. The fourth-order valence-electron chi connectivity index (χ4n) is 1.36. The van der Waals surface area contributed by atoms with Gasteiger partial charge in [0.05, 0.1) is 11.6 Å². The zero-order valence-electron chi connectivity index (χ0n) is 8.34. The molecule has 0 aliphatic rings. The van der Waals surface area contributed by atoms with Gasteiger partial charge in [-0.05, 0) is 19.1 Å². The van der Waals surface area contributed by atoms with Crippen molar-refractivity contribution < 1.29 is 5.11 Å². The van der Waals surface area contributed by atoms with Crippen LogP contribution in [0, 0.1) is 0 Å². The van der Waals surface area contributed by atoms with E-state index in [1.165, 1.54) is 4.88 Å². The lowest BCUT2D eigenvalue weighted by Crippen LogP contribution is -2.04. The van der Waals surface area contributed by atoms with E-state index in [9.17, 15) is 5.11 Å². The highest BCUT2D eigenvalue weighted by Crippen LogP contribution is 2.23. The third kappa shape index (κ3) is 2.47. The van der Waals surface area contributed by atoms with Crippen LogP contribution in [0.1, 0.15) is 17.8 Å². The molecule has 0 fully saturated rings. The molecular formula is C11H12N2OS. The first-order chi connectivity index (χ1) is 7.25. The lowest BCUT2D eigenvalue weighted by atomic mass is 10.2. The predicted octanol–water partition coefficient (Wildman–Crippen LogP) is 3.02. The normalized spacial score (nSPS) is 12.3. The molecule has 0 bridgehead atoms. The summed E-state index contributed by atoms with van der Waals surface area (Å²) >= 11 is 1.62. The molecule has 1 aromatic heterocycles. The highest BCUT2D eigenvalue weighted by molar-refractivity contribution is 7.09. The van der Waals surface area contributed by atoms with Gasteiger partial charge in [-0.2, -0.15) is 0 Å². The lowest BCUT2D eigenvalue weighted by Gasteiger charge is -2.13. The first-order valence-electron chi connectivity index (χ1n) is 4.69. The molecule has 15 heavy (non-hydrogen) atoms. The number of aromatic nitrogens is 1. The van der Waals surface area contributed by atoms with Crippen molar-refractivity contribution in [2.45, 2.75) is 13.0 Å². The van der Waals surface area contributed by atoms with Crippen molar-refractivity contribution in [1.82, 2.24) is 4.98 Å². The minimum absolute atomic E-state index is 0.208. The maximum absolute atomic E-state index is 9.31. The summed E-state index contributed by atoms with van der Waals surface area (Å²) in [4.78, 5) is 5.21. The quantitative estimate of drug-likeness (QED) is 0.835. The average molecular weight is 220 g/mol. The van der Waals surface area contributed by atoms with Gasteiger partial charge in [0.2, 0.25) is 0 Å². The smallest absolute Gasteiger partial charge is 0.117 e. The Bertz CT molecular complexity index is 428. The molecule has 0 spiro atoms. The number of anilines is 1. The second-order valence-electron chi connectivity index (χ2n) is 3.32. The standard InChI is InChI=1S/C11H12N2OS/c1-8(11-6-12-7-15-11)13-9-3-2-4-10(14)5-9/h2-8,13-14H,1H3. The summed E-state index contributed by atoms with van der Waals surface area (Å²) in [7, 11) is 0. The first-order valence-corrected chi connectivity index (χ1v) is 5.57. The fraction of sp³-hybridized carbons (Fsp3) is 0.182. The van der Waals surface area contributed by atoms with Gasteiger partial charge in [0.25, 0.3) is 0 Å². The zero-order valence-corrected chi connectivity index (χ0v) is 9.16. The Hall–Kier alpha value is -1.55. The highest BCUT2D eigenvalue weighted by atomic mass is 32.1. The lowest BCUT2D eigenvalue weighted by molar-refractivity contribution is 0.475. The van der Waals surface area contributed by atoms with Gasteiger partial charge in [0.15, 0.2) is 0 Å². The van der Waals surface area contributed by atoms with Gasteiger partial charge >= 0.3 is 0 Å². The summed E-state index contributed by atoms with van der Waals surface area (Å²) in [6.45, 7) is 2.07. The Kier molecular flexibility index (Phi) is 2.87. The summed E-state index contributed by atoms with van der Waals surface area (Å²) in [5.74, 6) is 0.275. The monoisotopic (exact) mass is 220 g/mol. The third-order valence-corrected chi connectivity index (χ3v) is 3.07. The molecule has 0 aliphatic carbocycles. The van der Waals surface area contributed by atoms with Crippen molar-refractivity contribution in [3.05, 3.63) is 40.8 Å². The Labute approximate surface area is 92.4 Å². The number of aromatic hydroxyl groups is 1. The number of nitrogens with one attached hydrogen (secondary N) is 1. The van der Waals surface area contributed by atoms with Crippen LogP contribution in [0.5, 0.6) is 5.75 Å². The number of thiazole rings is 1. The van der Waals surface area contributed by atoms with E-state index in [-0.39, 0.29) is 11.8 Å². The Morgan fingerprint density at radius 2 is 2.33 bits per heavy atom. The van der Waals surface area contributed by atoms with E-state index in [1.807, 2.05) is 23.8 Å². The van der Waals surface area contributed by atoms with Crippen molar-refractivity contribution in [2.75, 3.05) is 5.32 Å². The molecule has 1 atom stereocenters. The molecule has 2 N–H and O–H groups in total. The molecule has 2 aromatic rings. The minimum atomic E-state index is 0.208. The number of hydrogen-bond acceptors (Lipinski definition) is 4. The van der Waals surface area contributed by atoms with Crippen LogP contribution in [0.3, 0.4) is 0 Å². The maximum Gasteiger partial charge on any atom is 0.117 e. The molecular weight excluding hydrogens is 208 g/mol. The van der Waals surface area contributed by atoms with Gasteiger partial charge < -0.3 is 10.4 Å². The van der Waals surface area contributed by atoms with Crippen LogP contribution in [-0.2, 0) is 0 Å². The Morgan fingerprint density at radius 3 is 3.00 bits per heavy atom. The SMILES string of the molecule is CC(Nc1cccc(O)c1)c1cncs1. The summed E-state index contributed by atoms with van der Waals surface area (Å²) in [5.41, 5.74) is 2.73. The Morgan fingerprint density at radius 1 is 1.47 bits per heavy atom. The number of benzene rings is 1. The largest absolute Gasteiger partial charge is 0.508 e. The second kappa shape index (κ2) is 4.31. The number of nitrogens with zero attached hydrogens (tertiary/aromatic N) is 1. The van der Waals surface area contributed by atoms with E-state index in [2.05, 4.69) is 17.2 Å².